The van der Waals surface area contributed by atoms with E-state index in [-0.39, 0.29) is 0 Å². The minimum absolute atomic E-state index is 0.494. The molecule has 0 aliphatic carbocycles. The second-order valence-corrected chi connectivity index (χ2v) is 7.19. The molecule has 0 radical (unpaired) electrons. The largest absolute Gasteiger partial charge is 0.489 e. The summed E-state index contributed by atoms with van der Waals surface area (Å²) in [5.74, 6) is 0.995. The maximum absolute atomic E-state index is 6.05. The maximum Gasteiger partial charge on any atom is 0.124 e. The van der Waals surface area contributed by atoms with E-state index in [4.69, 9.17) is 4.74 Å². The number of ether oxygens (including phenoxy) is 1. The molecule has 0 spiro atoms. The van der Waals surface area contributed by atoms with E-state index >= 15 is 0 Å². The summed E-state index contributed by atoms with van der Waals surface area (Å²) in [4.78, 5) is 6.59. The molecule has 0 unspecified atom stereocenters. The van der Waals surface area contributed by atoms with Gasteiger partial charge in [-0.25, -0.2) is 0 Å². The zero-order valence-electron chi connectivity index (χ0n) is 14.2. The van der Waals surface area contributed by atoms with Crippen LogP contribution in [0.15, 0.2) is 48.8 Å². The Bertz CT molecular complexity index is 615. The summed E-state index contributed by atoms with van der Waals surface area (Å²) >= 11 is 0. The molecular formula is C20H26N2O. The fraction of sp³-hybridized carbons (Fsp3) is 0.450. The van der Waals surface area contributed by atoms with Gasteiger partial charge in [0.15, 0.2) is 0 Å². The van der Waals surface area contributed by atoms with Crippen molar-refractivity contribution in [2.75, 3.05) is 13.1 Å². The quantitative estimate of drug-likeness (QED) is 0.824. The molecule has 3 nitrogen and oxygen atoms in total. The van der Waals surface area contributed by atoms with Crippen molar-refractivity contribution in [1.29, 1.82) is 0 Å². The average molecular weight is 310 g/mol. The van der Waals surface area contributed by atoms with E-state index in [1.54, 1.807) is 12.4 Å². The molecule has 23 heavy (non-hydrogen) atoms. The molecule has 1 fully saturated rings. The van der Waals surface area contributed by atoms with Gasteiger partial charge in [-0.15, -0.1) is 0 Å². The predicted octanol–water partition coefficient (Wildman–Crippen LogP) is 4.28. The average Bonchev–Trinajstić information content (AvgIpc) is 2.57. The highest BCUT2D eigenvalue weighted by Crippen LogP contribution is 2.31. The van der Waals surface area contributed by atoms with Crippen LogP contribution in [0.4, 0.5) is 0 Å². The zero-order valence-corrected chi connectivity index (χ0v) is 14.2. The highest BCUT2D eigenvalue weighted by molar-refractivity contribution is 5.33. The first-order valence-corrected chi connectivity index (χ1v) is 8.44. The van der Waals surface area contributed by atoms with E-state index in [2.05, 4.69) is 41.9 Å². The number of aromatic nitrogens is 1. The van der Waals surface area contributed by atoms with Crippen molar-refractivity contribution < 1.29 is 4.74 Å². The van der Waals surface area contributed by atoms with Crippen LogP contribution in [-0.4, -0.2) is 23.0 Å². The molecule has 122 valence electrons. The number of benzene rings is 1. The molecule has 1 aromatic heterocycles. The minimum atomic E-state index is 0.494. The van der Waals surface area contributed by atoms with Crippen LogP contribution in [0.3, 0.4) is 0 Å². The van der Waals surface area contributed by atoms with Gasteiger partial charge in [-0.05, 0) is 55.1 Å². The molecule has 0 atom stereocenters. The fourth-order valence-corrected chi connectivity index (χ4v) is 2.97. The Morgan fingerprint density at radius 1 is 1.04 bits per heavy atom. The van der Waals surface area contributed by atoms with Gasteiger partial charge in [-0.2, -0.15) is 0 Å². The van der Waals surface area contributed by atoms with Crippen molar-refractivity contribution >= 4 is 0 Å². The fourth-order valence-electron chi connectivity index (χ4n) is 2.97. The van der Waals surface area contributed by atoms with Gasteiger partial charge in [0.2, 0.25) is 0 Å². The normalized spacial score (nSPS) is 17.8. The van der Waals surface area contributed by atoms with Gasteiger partial charge >= 0.3 is 0 Å². The lowest BCUT2D eigenvalue weighted by molar-refractivity contribution is 0.125. The lowest BCUT2D eigenvalue weighted by Gasteiger charge is -2.37. The third-order valence-corrected chi connectivity index (χ3v) is 4.72. The Kier molecular flexibility index (Phi) is 4.97. The third kappa shape index (κ3) is 4.55. The van der Waals surface area contributed by atoms with E-state index in [1.165, 1.54) is 31.5 Å². The van der Waals surface area contributed by atoms with E-state index in [0.717, 1.165) is 17.9 Å². The highest BCUT2D eigenvalue weighted by atomic mass is 16.5. The molecule has 0 N–H and O–H groups in total. The summed E-state index contributed by atoms with van der Waals surface area (Å²) in [6, 6.07) is 12.4. The molecule has 0 saturated carbocycles. The molecule has 1 saturated heterocycles. The van der Waals surface area contributed by atoms with Gasteiger partial charge in [0.05, 0.1) is 0 Å². The molecule has 1 aliphatic rings. The van der Waals surface area contributed by atoms with Crippen LogP contribution in [0.5, 0.6) is 5.75 Å². The maximum atomic E-state index is 6.05. The van der Waals surface area contributed by atoms with Crippen LogP contribution in [0.25, 0.3) is 0 Å². The Balaban J connectivity index is 1.62. The zero-order chi connectivity index (χ0) is 16.1. The summed E-state index contributed by atoms with van der Waals surface area (Å²) < 4.78 is 6.05. The van der Waals surface area contributed by atoms with Crippen molar-refractivity contribution in [2.24, 2.45) is 5.41 Å². The molecule has 1 aliphatic heterocycles. The minimum Gasteiger partial charge on any atom is -0.489 e. The molecule has 3 heteroatoms. The topological polar surface area (TPSA) is 25.4 Å². The number of hydrogen-bond acceptors (Lipinski definition) is 3. The van der Waals surface area contributed by atoms with Crippen molar-refractivity contribution in [1.82, 2.24) is 9.88 Å². The number of rotatable bonds is 5. The summed E-state index contributed by atoms with van der Waals surface area (Å²) in [6.07, 6.45) is 6.15. The standard InChI is InChI=1S/C20H26N2O/c1-20(2)9-13-22(14-10-20)15-18-5-3-4-6-19(18)23-16-17-7-11-21-12-8-17/h3-8,11-12H,9-10,13-16H2,1-2H3. The highest BCUT2D eigenvalue weighted by Gasteiger charge is 2.25. The van der Waals surface area contributed by atoms with E-state index < -0.39 is 0 Å². The number of piperidine rings is 1. The summed E-state index contributed by atoms with van der Waals surface area (Å²) in [5, 5.41) is 0. The summed E-state index contributed by atoms with van der Waals surface area (Å²) in [7, 11) is 0. The van der Waals surface area contributed by atoms with Gasteiger partial charge in [0.1, 0.15) is 12.4 Å². The van der Waals surface area contributed by atoms with Gasteiger partial charge in [0.25, 0.3) is 0 Å². The first-order valence-electron chi connectivity index (χ1n) is 8.44. The number of likely N-dealkylation sites (tertiary alicyclic amines) is 1. The summed E-state index contributed by atoms with van der Waals surface area (Å²) in [6.45, 7) is 8.65. The smallest absolute Gasteiger partial charge is 0.124 e. The second-order valence-electron chi connectivity index (χ2n) is 7.19. The lowest BCUT2D eigenvalue weighted by Crippen LogP contribution is -2.36. The Hall–Kier alpha value is -1.87. The molecule has 0 bridgehead atoms. The first kappa shape index (κ1) is 16.0. The van der Waals surface area contributed by atoms with Crippen molar-refractivity contribution in [3.8, 4) is 5.75 Å². The van der Waals surface area contributed by atoms with Crippen LogP contribution < -0.4 is 4.74 Å². The van der Waals surface area contributed by atoms with Crippen molar-refractivity contribution in [2.45, 2.75) is 39.8 Å². The predicted molar refractivity (Wildman–Crippen MR) is 93.3 cm³/mol. The Morgan fingerprint density at radius 3 is 2.48 bits per heavy atom. The van der Waals surface area contributed by atoms with E-state index in [0.29, 0.717) is 12.0 Å². The van der Waals surface area contributed by atoms with E-state index in [1.807, 2.05) is 18.2 Å². The second kappa shape index (κ2) is 7.14. The van der Waals surface area contributed by atoms with Gasteiger partial charge in [0, 0.05) is 24.5 Å². The van der Waals surface area contributed by atoms with Crippen LogP contribution in [-0.2, 0) is 13.2 Å². The number of pyridine rings is 1. The van der Waals surface area contributed by atoms with Gasteiger partial charge < -0.3 is 4.74 Å². The van der Waals surface area contributed by atoms with Gasteiger partial charge in [-0.3, -0.25) is 9.88 Å². The van der Waals surface area contributed by atoms with Crippen LogP contribution in [0.1, 0.15) is 37.8 Å². The Labute approximate surface area is 139 Å². The number of para-hydroxylation sites is 1. The SMILES string of the molecule is CC1(C)CCN(Cc2ccccc2OCc2ccncc2)CC1. The summed E-state index contributed by atoms with van der Waals surface area (Å²) in [5.41, 5.74) is 2.92. The molecule has 2 heterocycles. The molecule has 2 aromatic rings. The van der Waals surface area contributed by atoms with E-state index in [9.17, 15) is 0 Å². The number of nitrogens with zero attached hydrogens (tertiary/aromatic N) is 2. The molecule has 0 amide bonds. The number of hydrogen-bond donors (Lipinski definition) is 0. The molecule has 3 rings (SSSR count). The molecule has 1 aromatic carbocycles. The van der Waals surface area contributed by atoms with Crippen LogP contribution >= 0.6 is 0 Å². The van der Waals surface area contributed by atoms with Crippen LogP contribution in [0, 0.1) is 5.41 Å². The third-order valence-electron chi connectivity index (χ3n) is 4.72. The monoisotopic (exact) mass is 310 g/mol. The first-order chi connectivity index (χ1) is 11.1. The van der Waals surface area contributed by atoms with Crippen molar-refractivity contribution in [3.63, 3.8) is 0 Å². The van der Waals surface area contributed by atoms with Crippen LogP contribution in [0.2, 0.25) is 0 Å². The molecular weight excluding hydrogens is 284 g/mol. The van der Waals surface area contributed by atoms with Gasteiger partial charge in [-0.1, -0.05) is 32.0 Å². The van der Waals surface area contributed by atoms with Crippen molar-refractivity contribution in [3.05, 3.63) is 59.9 Å². The Morgan fingerprint density at radius 2 is 1.74 bits per heavy atom. The lowest BCUT2D eigenvalue weighted by atomic mass is 9.82.